The number of nitrogens with zero attached hydrogens (tertiary/aromatic N) is 5. The number of methoxy groups -OCH3 is 2. The summed E-state index contributed by atoms with van der Waals surface area (Å²) in [6.07, 6.45) is 4.52. The Balaban J connectivity index is 1.11. The van der Waals surface area contributed by atoms with E-state index in [0.717, 1.165) is 41.9 Å². The highest BCUT2D eigenvalue weighted by atomic mass is 16.5. The van der Waals surface area contributed by atoms with E-state index in [1.54, 1.807) is 20.3 Å². The first-order chi connectivity index (χ1) is 23.9. The van der Waals surface area contributed by atoms with Crippen molar-refractivity contribution >= 4 is 33.8 Å². The van der Waals surface area contributed by atoms with Crippen molar-refractivity contribution in [3.05, 3.63) is 77.9 Å². The lowest BCUT2D eigenvalue weighted by Crippen LogP contribution is -2.51. The Morgan fingerprint density at radius 1 is 0.816 bits per heavy atom. The first-order valence-corrected chi connectivity index (χ1v) is 17.6. The van der Waals surface area contributed by atoms with Crippen molar-refractivity contribution in [3.8, 4) is 23.0 Å². The van der Waals surface area contributed by atoms with Gasteiger partial charge < -0.3 is 34.1 Å². The van der Waals surface area contributed by atoms with Crippen LogP contribution in [0.3, 0.4) is 0 Å². The van der Waals surface area contributed by atoms with Gasteiger partial charge in [-0.15, -0.1) is 0 Å². The minimum Gasteiger partial charge on any atom is -0.497 e. The summed E-state index contributed by atoms with van der Waals surface area (Å²) in [5.74, 6) is 3.41. The number of fused-ring (bicyclic) bond motifs is 4. The third kappa shape index (κ3) is 5.07. The van der Waals surface area contributed by atoms with E-state index in [1.165, 1.54) is 23.7 Å². The van der Waals surface area contributed by atoms with Crippen LogP contribution in [0.4, 0.5) is 0 Å². The molecule has 2 saturated carbocycles. The second kappa shape index (κ2) is 11.7. The van der Waals surface area contributed by atoms with Crippen LogP contribution in [0.15, 0.2) is 66.7 Å². The quantitative estimate of drug-likeness (QED) is 0.227. The van der Waals surface area contributed by atoms with Gasteiger partial charge in [0.1, 0.15) is 17.0 Å². The van der Waals surface area contributed by atoms with Gasteiger partial charge in [-0.05, 0) is 80.0 Å². The van der Waals surface area contributed by atoms with Gasteiger partial charge in [-0.3, -0.25) is 9.59 Å². The van der Waals surface area contributed by atoms with E-state index < -0.39 is 0 Å². The summed E-state index contributed by atoms with van der Waals surface area (Å²) >= 11 is 0. The predicted octanol–water partition coefficient (Wildman–Crippen LogP) is 5.42. The van der Waals surface area contributed by atoms with Crippen molar-refractivity contribution in [2.75, 3.05) is 33.9 Å². The number of hydrogen-bond acceptors (Lipinski definition) is 6. The summed E-state index contributed by atoms with van der Waals surface area (Å²) in [7, 11) is 3.27. The zero-order valence-electron chi connectivity index (χ0n) is 28.0. The molecule has 2 saturated heterocycles. The third-order valence-electron chi connectivity index (χ3n) is 11.4. The summed E-state index contributed by atoms with van der Waals surface area (Å²) in [6, 6.07) is 22.0. The van der Waals surface area contributed by atoms with Crippen LogP contribution >= 0.6 is 0 Å². The summed E-state index contributed by atoms with van der Waals surface area (Å²) in [5.41, 5.74) is 11.6. The van der Waals surface area contributed by atoms with E-state index in [9.17, 15) is 9.59 Å². The molecular formula is C39H42N6O4. The molecule has 3 aromatic carbocycles. The molecule has 2 amide bonds. The first-order valence-electron chi connectivity index (χ1n) is 17.6. The van der Waals surface area contributed by atoms with E-state index in [4.69, 9.17) is 20.2 Å². The van der Waals surface area contributed by atoms with Gasteiger partial charge in [0.2, 0.25) is 0 Å². The van der Waals surface area contributed by atoms with Crippen LogP contribution < -0.4 is 15.2 Å². The van der Waals surface area contributed by atoms with Gasteiger partial charge in [0.25, 0.3) is 11.8 Å². The number of rotatable bonds is 9. The Kier molecular flexibility index (Phi) is 7.19. The molecule has 252 valence electrons. The lowest BCUT2D eigenvalue weighted by molar-refractivity contribution is 0.0471. The molecule has 2 aliphatic heterocycles. The number of amides is 2. The van der Waals surface area contributed by atoms with Crippen LogP contribution in [0.5, 0.6) is 11.5 Å². The number of carbonyl (C=O) groups is 2. The lowest BCUT2D eigenvalue weighted by Gasteiger charge is -2.40. The Morgan fingerprint density at radius 2 is 1.63 bits per heavy atom. The maximum absolute atomic E-state index is 14.0. The van der Waals surface area contributed by atoms with Crippen LogP contribution in [-0.2, 0) is 13.1 Å². The lowest BCUT2D eigenvalue weighted by atomic mass is 9.98. The van der Waals surface area contributed by atoms with Gasteiger partial charge in [-0.1, -0.05) is 24.3 Å². The van der Waals surface area contributed by atoms with Gasteiger partial charge in [0.15, 0.2) is 5.82 Å². The molecule has 10 heteroatoms. The van der Waals surface area contributed by atoms with E-state index in [-0.39, 0.29) is 29.8 Å². The molecule has 2 aliphatic carbocycles. The van der Waals surface area contributed by atoms with E-state index in [0.29, 0.717) is 60.6 Å². The normalized spacial score (nSPS) is 21.9. The van der Waals surface area contributed by atoms with Crippen molar-refractivity contribution in [2.45, 2.75) is 50.9 Å². The number of imidazole rings is 1. The molecular weight excluding hydrogens is 616 g/mol. The Hall–Kier alpha value is -4.83. The van der Waals surface area contributed by atoms with Crippen LogP contribution in [0, 0.1) is 17.8 Å². The number of hydrogen-bond donors (Lipinski definition) is 1. The van der Waals surface area contributed by atoms with Crippen molar-refractivity contribution in [3.63, 3.8) is 0 Å². The summed E-state index contributed by atoms with van der Waals surface area (Å²) in [5, 5.41) is 1.18. The molecule has 10 nitrogen and oxygen atoms in total. The molecule has 3 atom stereocenters. The van der Waals surface area contributed by atoms with E-state index >= 15 is 0 Å². The average Bonchev–Trinajstić information content (AvgIpc) is 3.47. The number of piperidine rings is 1. The molecule has 2 N–H and O–H groups in total. The van der Waals surface area contributed by atoms with Crippen LogP contribution in [0.2, 0.25) is 0 Å². The topological polar surface area (TPSA) is 108 Å². The average molecular weight is 659 g/mol. The zero-order chi connectivity index (χ0) is 33.4. The maximum Gasteiger partial charge on any atom is 0.254 e. The number of para-hydroxylation sites is 1. The number of benzene rings is 3. The first kappa shape index (κ1) is 30.2. The smallest absolute Gasteiger partial charge is 0.254 e. The summed E-state index contributed by atoms with van der Waals surface area (Å²) in [4.78, 5) is 36.5. The second-order valence-corrected chi connectivity index (χ2v) is 14.5. The van der Waals surface area contributed by atoms with Gasteiger partial charge in [-0.2, -0.15) is 0 Å². The minimum atomic E-state index is -0.00696. The van der Waals surface area contributed by atoms with Gasteiger partial charge in [0, 0.05) is 72.8 Å². The Morgan fingerprint density at radius 3 is 2.37 bits per heavy atom. The molecule has 2 unspecified atom stereocenters. The fourth-order valence-corrected chi connectivity index (χ4v) is 8.53. The SMILES string of the molecule is COc1cccc(C(=O)N2CC(Cn3c(-c4cc5ccccc5n4CC4CC4)nc4cc(C(=O)N5CC6CCC5[C@@H]6N)cc(OC)c43)C2)c1. The minimum absolute atomic E-state index is 0.00601. The number of ether oxygens (including phenoxy) is 2. The number of nitrogens with two attached hydrogens (primary N) is 1. The molecule has 4 fully saturated rings. The molecule has 2 bridgehead atoms. The van der Waals surface area contributed by atoms with Gasteiger partial charge in [-0.25, -0.2) is 4.98 Å². The Labute approximate surface area is 285 Å². The summed E-state index contributed by atoms with van der Waals surface area (Å²) < 4.78 is 16.1. The van der Waals surface area contributed by atoms with Gasteiger partial charge in [0.05, 0.1) is 25.4 Å². The number of aromatic nitrogens is 3. The maximum atomic E-state index is 14.0. The highest BCUT2D eigenvalue weighted by Crippen LogP contribution is 2.41. The molecule has 0 radical (unpaired) electrons. The van der Waals surface area contributed by atoms with Crippen LogP contribution in [-0.4, -0.2) is 81.7 Å². The highest BCUT2D eigenvalue weighted by Gasteiger charge is 2.47. The highest BCUT2D eigenvalue weighted by molar-refractivity contribution is 6.01. The monoisotopic (exact) mass is 658 g/mol. The molecule has 4 heterocycles. The molecule has 9 rings (SSSR count). The van der Waals surface area contributed by atoms with Crippen LogP contribution in [0.1, 0.15) is 46.4 Å². The zero-order valence-corrected chi connectivity index (χ0v) is 28.0. The Bertz CT molecular complexity index is 2110. The number of likely N-dealkylation sites (tertiary alicyclic amines) is 2. The largest absolute Gasteiger partial charge is 0.497 e. The van der Waals surface area contributed by atoms with Crippen molar-refractivity contribution in [1.82, 2.24) is 23.9 Å². The van der Waals surface area contributed by atoms with Crippen molar-refractivity contribution in [1.29, 1.82) is 0 Å². The van der Waals surface area contributed by atoms with Crippen molar-refractivity contribution in [2.24, 2.45) is 23.5 Å². The molecule has 0 spiro atoms. The number of carbonyl (C=O) groups excluding carboxylic acids is 2. The molecule has 2 aromatic heterocycles. The van der Waals surface area contributed by atoms with Crippen molar-refractivity contribution < 1.29 is 19.1 Å². The van der Waals surface area contributed by atoms with Gasteiger partial charge >= 0.3 is 0 Å². The predicted molar refractivity (Wildman–Crippen MR) is 188 cm³/mol. The fraction of sp³-hybridized carbons (Fsp3) is 0.410. The summed E-state index contributed by atoms with van der Waals surface area (Å²) in [6.45, 7) is 3.58. The fourth-order valence-electron chi connectivity index (χ4n) is 8.53. The molecule has 4 aliphatic rings. The second-order valence-electron chi connectivity index (χ2n) is 14.5. The van der Waals surface area contributed by atoms with Crippen LogP contribution in [0.25, 0.3) is 33.5 Å². The molecule has 5 aromatic rings. The third-order valence-corrected chi connectivity index (χ3v) is 11.4. The van der Waals surface area contributed by atoms with E-state index in [2.05, 4.69) is 39.5 Å². The standard InChI is InChI=1S/C39H42N6O4/c1-48-29-8-5-7-26(14-29)38(46)42-18-24(19-42)21-45-36-30(15-28(17-34(36)49-2)39(47)44-22-27-12-13-32(44)35(27)40)41-37(45)33-16-25-6-3-4-9-31(25)43(33)20-23-10-11-23/h3-9,14-17,23-24,27,32,35H,10-13,18-22,40H2,1-2H3/t27?,32?,35-/m1/s1. The van der Waals surface area contributed by atoms with E-state index in [1.807, 2.05) is 40.1 Å². The molecule has 49 heavy (non-hydrogen) atoms.